The smallest absolute Gasteiger partial charge is 0.274 e. The van der Waals surface area contributed by atoms with Gasteiger partial charge >= 0.3 is 0 Å². The Bertz CT molecular complexity index is 2910. The summed E-state index contributed by atoms with van der Waals surface area (Å²) in [5, 5.41) is 34.9. The first kappa shape index (κ1) is 46.1. The molecule has 2 saturated heterocycles. The number of nitrogens with zero attached hydrogens (tertiary/aromatic N) is 13. The molecule has 2 saturated carbocycles. The molecule has 12 rings (SSSR count). The number of rotatable bonds is 15. The van der Waals surface area contributed by atoms with Gasteiger partial charge in [-0.3, -0.25) is 14.7 Å². The van der Waals surface area contributed by atoms with Crippen molar-refractivity contribution >= 4 is 31.5 Å². The van der Waals surface area contributed by atoms with Crippen molar-refractivity contribution in [2.75, 3.05) is 42.6 Å². The summed E-state index contributed by atoms with van der Waals surface area (Å²) < 4.78 is 11.3. The van der Waals surface area contributed by atoms with E-state index < -0.39 is 8.07 Å². The molecule has 4 fully saturated rings. The molecule has 0 radical (unpaired) electrons. The number of pyridine rings is 2. The fourth-order valence-electron chi connectivity index (χ4n) is 10.8. The molecule has 4 unspecified atom stereocenters. The molecule has 8 heterocycles. The minimum absolute atomic E-state index is 0.0757. The normalized spacial score (nSPS) is 22.6. The van der Waals surface area contributed by atoms with Crippen LogP contribution in [0.15, 0.2) is 36.7 Å². The Labute approximate surface area is 409 Å². The molecule has 6 aromatic rings. The Kier molecular flexibility index (Phi) is 12.2. The molecule has 368 valence electrons. The Morgan fingerprint density at radius 3 is 1.74 bits per heavy atom. The average molecular weight is 967 g/mol. The highest BCUT2D eigenvalue weighted by Crippen LogP contribution is 2.47. The molecule has 4 aliphatic carbocycles. The van der Waals surface area contributed by atoms with Gasteiger partial charge in [-0.05, 0) is 130 Å². The molecule has 0 aromatic carbocycles. The van der Waals surface area contributed by atoms with Gasteiger partial charge in [-0.15, -0.1) is 10.2 Å². The molecule has 6 aromatic heterocycles. The summed E-state index contributed by atoms with van der Waals surface area (Å²) in [6, 6.07) is 9.37. The first-order chi connectivity index (χ1) is 33.7. The van der Waals surface area contributed by atoms with Crippen LogP contribution in [0.25, 0.3) is 0 Å². The lowest BCUT2D eigenvalue weighted by atomic mass is 10.2. The number of fused-ring (bicyclic) bond motifs is 4. The van der Waals surface area contributed by atoms with Crippen molar-refractivity contribution in [3.05, 3.63) is 104 Å². The van der Waals surface area contributed by atoms with Crippen LogP contribution < -0.4 is 20.4 Å². The van der Waals surface area contributed by atoms with E-state index in [9.17, 15) is 9.59 Å². The molecule has 3 N–H and O–H groups in total. The number of H-pyrrole nitrogens is 1. The maximum atomic E-state index is 13.1. The Morgan fingerprint density at radius 1 is 0.714 bits per heavy atom. The van der Waals surface area contributed by atoms with Crippen molar-refractivity contribution in [3.8, 4) is 0 Å². The fraction of sp³-hybridized carbons (Fsp3) is 0.560. The second kappa shape index (κ2) is 18.5. The standard InChI is InChI=1S/C28H40N8O2Si.C22H26N8O/c1-18-20(6-9-26(29-18)34-13-21-12-22(21)14-34)15-35-16-25(31-33-35)28(37)30-24-8-7-23-19(2)36(32-27(23)24)17-38-10-11-39(3,4)5;1-12-14(3-6-20(23-12)29-8-15-7-16(15)9-29)10-30-11-19(26-28-30)22(31)24-18-5-4-17-13(2)25-27-21(17)18/h6,9,16,21-22,24H,7-8,10-15,17H2,1-5H3,(H,30,37);3,6,11,15-16,18H,4-5,7-10H2,1-2H3,(H,24,31)(H,25,27)/t21?,22?,24-;15?,16?,18-/m11/s1. The number of piperidine rings is 2. The van der Waals surface area contributed by atoms with Crippen LogP contribution in [0.5, 0.6) is 0 Å². The monoisotopic (exact) mass is 967 g/mol. The van der Waals surface area contributed by atoms with E-state index in [2.05, 4.69) is 102 Å². The lowest BCUT2D eigenvalue weighted by molar-refractivity contribution is 0.0764. The molecule has 2 amide bonds. The van der Waals surface area contributed by atoms with Crippen LogP contribution in [0.1, 0.15) is 115 Å². The number of carbonyl (C=O) groups is 2. The summed E-state index contributed by atoms with van der Waals surface area (Å²) in [5.74, 6) is 5.20. The van der Waals surface area contributed by atoms with Crippen LogP contribution in [-0.2, 0) is 37.4 Å². The maximum absolute atomic E-state index is 13.1. The van der Waals surface area contributed by atoms with E-state index in [1.807, 2.05) is 25.5 Å². The highest BCUT2D eigenvalue weighted by molar-refractivity contribution is 6.76. The van der Waals surface area contributed by atoms with Gasteiger partial charge in [0.05, 0.1) is 49.0 Å². The first-order valence-corrected chi connectivity index (χ1v) is 28.9. The molecular weight excluding hydrogens is 901 g/mol. The summed E-state index contributed by atoms with van der Waals surface area (Å²) in [6.45, 7) is 22.0. The van der Waals surface area contributed by atoms with Crippen molar-refractivity contribution < 1.29 is 14.3 Å². The zero-order valence-electron chi connectivity index (χ0n) is 41.6. The first-order valence-electron chi connectivity index (χ1n) is 25.2. The largest absolute Gasteiger partial charge is 0.360 e. The Balaban J connectivity index is 0.000000156. The van der Waals surface area contributed by atoms with Gasteiger partial charge in [-0.1, -0.05) is 42.2 Å². The summed E-state index contributed by atoms with van der Waals surface area (Å²) in [4.78, 5) is 40.2. The molecule has 6 atom stereocenters. The van der Waals surface area contributed by atoms with E-state index in [-0.39, 0.29) is 23.9 Å². The van der Waals surface area contributed by atoms with Crippen molar-refractivity contribution in [1.82, 2.24) is 70.6 Å². The minimum Gasteiger partial charge on any atom is -0.360 e. The number of amides is 2. The van der Waals surface area contributed by atoms with Crippen LogP contribution >= 0.6 is 0 Å². The van der Waals surface area contributed by atoms with Crippen LogP contribution in [0.3, 0.4) is 0 Å². The van der Waals surface area contributed by atoms with Gasteiger partial charge in [-0.25, -0.2) is 24.0 Å². The Hall–Kier alpha value is -6.28. The molecule has 70 heavy (non-hydrogen) atoms. The number of carbonyl (C=O) groups excluding carboxylic acids is 2. The molecular formula is C50H66N16O3Si. The van der Waals surface area contributed by atoms with Gasteiger partial charge in [0.15, 0.2) is 11.4 Å². The van der Waals surface area contributed by atoms with E-state index in [0.29, 0.717) is 31.2 Å². The zero-order valence-corrected chi connectivity index (χ0v) is 42.6. The van der Waals surface area contributed by atoms with E-state index in [4.69, 9.17) is 19.8 Å². The molecule has 0 spiro atoms. The highest BCUT2D eigenvalue weighted by Gasteiger charge is 2.46. The molecule has 2 aliphatic heterocycles. The van der Waals surface area contributed by atoms with Crippen LogP contribution in [-0.4, -0.2) is 113 Å². The third kappa shape index (κ3) is 9.76. The van der Waals surface area contributed by atoms with E-state index in [1.54, 1.807) is 21.8 Å². The molecule has 6 aliphatic rings. The van der Waals surface area contributed by atoms with Crippen molar-refractivity contribution in [2.24, 2.45) is 23.7 Å². The third-order valence-electron chi connectivity index (χ3n) is 15.5. The number of aryl methyl sites for hydroxylation is 3. The van der Waals surface area contributed by atoms with Crippen molar-refractivity contribution in [1.29, 1.82) is 0 Å². The quantitative estimate of drug-likeness (QED) is 0.0841. The van der Waals surface area contributed by atoms with Crippen LogP contribution in [0.4, 0.5) is 11.6 Å². The number of aromatic nitrogens is 12. The summed E-state index contributed by atoms with van der Waals surface area (Å²) in [7, 11) is -1.12. The molecule has 20 heteroatoms. The summed E-state index contributed by atoms with van der Waals surface area (Å²) >= 11 is 0. The maximum Gasteiger partial charge on any atom is 0.274 e. The summed E-state index contributed by atoms with van der Waals surface area (Å²) in [6.07, 6.45) is 9.71. The number of hydrogen-bond acceptors (Lipinski definition) is 13. The SMILES string of the molecule is Cc1nc(N2CC3CC3C2)ccc1Cn1cc(C(=O)N[C@@H]2CCc3c2n[nH]c3C)nn1.Cc1nc(N2CC3CC3C2)ccc1Cn1cc(C(=O)N[C@@H]2CCc3c2nn(COCC[Si](C)(C)C)c3C)nn1. The van der Waals surface area contributed by atoms with Gasteiger partial charge in [0.25, 0.3) is 11.8 Å². The summed E-state index contributed by atoms with van der Waals surface area (Å²) in [5.41, 5.74) is 11.3. The van der Waals surface area contributed by atoms with Gasteiger partial charge in [0, 0.05) is 63.6 Å². The highest BCUT2D eigenvalue weighted by atomic mass is 28.3. The second-order valence-electron chi connectivity index (χ2n) is 21.9. The number of anilines is 2. The lowest BCUT2D eigenvalue weighted by Crippen LogP contribution is -2.28. The lowest BCUT2D eigenvalue weighted by Gasteiger charge is -2.20. The second-order valence-corrected chi connectivity index (χ2v) is 27.5. The average Bonchev–Trinajstić information content (AvgIpc) is 3.92. The van der Waals surface area contributed by atoms with Gasteiger partial charge in [0.1, 0.15) is 18.4 Å². The van der Waals surface area contributed by atoms with Gasteiger partial charge < -0.3 is 25.2 Å². The van der Waals surface area contributed by atoms with E-state index in [0.717, 1.165) is 145 Å². The number of nitrogens with one attached hydrogen (secondary N) is 3. The van der Waals surface area contributed by atoms with Gasteiger partial charge in [-0.2, -0.15) is 10.2 Å². The van der Waals surface area contributed by atoms with Crippen molar-refractivity contribution in [3.63, 3.8) is 0 Å². The fourth-order valence-corrected chi connectivity index (χ4v) is 11.6. The predicted molar refractivity (Wildman–Crippen MR) is 265 cm³/mol. The van der Waals surface area contributed by atoms with Gasteiger partial charge in [0.2, 0.25) is 0 Å². The number of aromatic amines is 1. The third-order valence-corrected chi connectivity index (χ3v) is 17.2. The van der Waals surface area contributed by atoms with Crippen molar-refractivity contribution in [2.45, 2.75) is 124 Å². The molecule has 19 nitrogen and oxygen atoms in total. The minimum atomic E-state index is -1.12. The molecule has 0 bridgehead atoms. The zero-order chi connectivity index (χ0) is 48.4. The number of ether oxygens (including phenoxy) is 1. The topological polar surface area (TPSA) is 208 Å². The Morgan fingerprint density at radius 2 is 1.23 bits per heavy atom. The van der Waals surface area contributed by atoms with E-state index in [1.165, 1.54) is 24.0 Å². The van der Waals surface area contributed by atoms with Crippen LogP contribution in [0, 0.1) is 51.4 Å². The predicted octanol–water partition coefficient (Wildman–Crippen LogP) is 5.66. The van der Waals surface area contributed by atoms with E-state index >= 15 is 0 Å². The van der Waals surface area contributed by atoms with Crippen LogP contribution in [0.2, 0.25) is 25.7 Å². The number of hydrogen-bond donors (Lipinski definition) is 3.